The lowest BCUT2D eigenvalue weighted by atomic mass is 10.1. The Labute approximate surface area is 157 Å². The van der Waals surface area contributed by atoms with E-state index in [1.165, 1.54) is 6.07 Å². The number of halogens is 2. The summed E-state index contributed by atoms with van der Waals surface area (Å²) in [7, 11) is 0. The molecule has 3 rings (SSSR count). The van der Waals surface area contributed by atoms with Crippen molar-refractivity contribution in [3.63, 3.8) is 0 Å². The molecule has 0 amide bonds. The Hall–Kier alpha value is -3.18. The van der Waals surface area contributed by atoms with E-state index in [4.69, 9.17) is 16.2 Å². The summed E-state index contributed by atoms with van der Waals surface area (Å²) in [4.78, 5) is 7.87. The molecule has 0 saturated heterocycles. The van der Waals surface area contributed by atoms with Gasteiger partial charge in [0, 0.05) is 15.6 Å². The number of ether oxygens (including phenoxy) is 1. The maximum atomic E-state index is 13.8. The van der Waals surface area contributed by atoms with E-state index in [-0.39, 0.29) is 29.8 Å². The van der Waals surface area contributed by atoms with Gasteiger partial charge >= 0.3 is 0 Å². The summed E-state index contributed by atoms with van der Waals surface area (Å²) in [6.07, 6.45) is 0. The molecule has 0 aliphatic heterocycles. The molecule has 0 radical (unpaired) electrons. The van der Waals surface area contributed by atoms with Crippen molar-refractivity contribution < 1.29 is 9.13 Å². The summed E-state index contributed by atoms with van der Waals surface area (Å²) < 4.78 is 20.1. The summed E-state index contributed by atoms with van der Waals surface area (Å²) in [5.74, 6) is 0.217. The molecule has 0 atom stereocenters. The summed E-state index contributed by atoms with van der Waals surface area (Å²) in [6.45, 7) is 0.0926. The van der Waals surface area contributed by atoms with Crippen molar-refractivity contribution in [3.8, 4) is 23.1 Å². The Morgan fingerprint density at radius 2 is 1.85 bits per heavy atom. The van der Waals surface area contributed by atoms with Crippen molar-refractivity contribution in [2.75, 3.05) is 11.5 Å². The highest BCUT2D eigenvalue weighted by atomic mass is 79.9. The molecule has 4 N–H and O–H groups in total. The first-order chi connectivity index (χ1) is 12.5. The number of aromatic nitrogens is 2. The van der Waals surface area contributed by atoms with Crippen LogP contribution in [0.4, 0.5) is 16.2 Å². The maximum absolute atomic E-state index is 13.8. The topological polar surface area (TPSA) is 111 Å². The molecule has 0 bridgehead atoms. The van der Waals surface area contributed by atoms with Gasteiger partial charge < -0.3 is 16.2 Å². The second-order valence-corrected chi connectivity index (χ2v) is 6.27. The molecular weight excluding hydrogens is 401 g/mol. The third-order valence-electron chi connectivity index (χ3n) is 3.60. The lowest BCUT2D eigenvalue weighted by Crippen LogP contribution is -2.05. The molecule has 0 fully saturated rings. The third kappa shape index (κ3) is 3.73. The number of hydrogen-bond acceptors (Lipinski definition) is 6. The summed E-state index contributed by atoms with van der Waals surface area (Å²) in [5, 5.41) is 9.25. The van der Waals surface area contributed by atoms with Crippen molar-refractivity contribution in [2.45, 2.75) is 6.61 Å². The van der Waals surface area contributed by atoms with E-state index < -0.39 is 0 Å². The monoisotopic (exact) mass is 413 g/mol. The summed E-state index contributed by atoms with van der Waals surface area (Å²) in [6, 6.07) is 13.6. The van der Waals surface area contributed by atoms with Crippen molar-refractivity contribution in [1.29, 1.82) is 5.26 Å². The van der Waals surface area contributed by atoms with Gasteiger partial charge in [0.25, 0.3) is 0 Å². The van der Waals surface area contributed by atoms with Gasteiger partial charge in [0.05, 0.1) is 5.69 Å². The number of hydrogen-bond donors (Lipinski definition) is 2. The number of rotatable bonds is 4. The van der Waals surface area contributed by atoms with Gasteiger partial charge in [-0.3, -0.25) is 0 Å². The first-order valence-corrected chi connectivity index (χ1v) is 8.27. The van der Waals surface area contributed by atoms with Crippen LogP contribution in [0.1, 0.15) is 11.1 Å². The maximum Gasteiger partial charge on any atom is 0.222 e. The van der Waals surface area contributed by atoms with Gasteiger partial charge in [0.15, 0.2) is 0 Å². The molecule has 6 nitrogen and oxygen atoms in total. The molecule has 0 saturated carbocycles. The minimum Gasteiger partial charge on any atom is -0.489 e. The second kappa shape index (κ2) is 7.37. The van der Waals surface area contributed by atoms with E-state index in [0.717, 1.165) is 0 Å². The smallest absolute Gasteiger partial charge is 0.222 e. The van der Waals surface area contributed by atoms with Crippen molar-refractivity contribution in [2.24, 2.45) is 0 Å². The predicted octanol–water partition coefficient (Wildman–Crippen LogP) is 3.66. The zero-order valence-electron chi connectivity index (χ0n) is 13.4. The molecular formula is C18H13BrFN5O. The van der Waals surface area contributed by atoms with Crippen LogP contribution in [-0.2, 0) is 6.61 Å². The first-order valence-electron chi connectivity index (χ1n) is 7.48. The Morgan fingerprint density at radius 1 is 1.12 bits per heavy atom. The first kappa shape index (κ1) is 17.6. The van der Waals surface area contributed by atoms with Gasteiger partial charge in [-0.05, 0) is 36.4 Å². The fourth-order valence-electron chi connectivity index (χ4n) is 2.32. The Morgan fingerprint density at radius 3 is 2.50 bits per heavy atom. The molecule has 1 aromatic heterocycles. The molecule has 0 spiro atoms. The second-order valence-electron chi connectivity index (χ2n) is 5.35. The Balaban J connectivity index is 1.80. The molecule has 26 heavy (non-hydrogen) atoms. The number of nitriles is 1. The van der Waals surface area contributed by atoms with E-state index >= 15 is 0 Å². The van der Waals surface area contributed by atoms with Crippen LogP contribution in [0.3, 0.4) is 0 Å². The van der Waals surface area contributed by atoms with Gasteiger partial charge in [-0.1, -0.05) is 22.0 Å². The minimum absolute atomic E-state index is 0.0115. The molecule has 8 heteroatoms. The van der Waals surface area contributed by atoms with Crippen molar-refractivity contribution >= 4 is 27.7 Å². The van der Waals surface area contributed by atoms with Crippen LogP contribution in [0.2, 0.25) is 0 Å². The average Bonchev–Trinajstić information content (AvgIpc) is 2.61. The summed E-state index contributed by atoms with van der Waals surface area (Å²) in [5.41, 5.74) is 12.9. The quantitative estimate of drug-likeness (QED) is 0.674. The molecule has 2 aromatic carbocycles. The van der Waals surface area contributed by atoms with Crippen LogP contribution in [0, 0.1) is 17.1 Å². The van der Waals surface area contributed by atoms with Gasteiger partial charge in [-0.2, -0.15) is 10.2 Å². The molecule has 1 heterocycles. The Bertz CT molecular complexity index is 1000. The van der Waals surface area contributed by atoms with E-state index in [0.29, 0.717) is 27.0 Å². The molecule has 130 valence electrons. The lowest BCUT2D eigenvalue weighted by Gasteiger charge is -2.10. The lowest BCUT2D eigenvalue weighted by molar-refractivity contribution is 0.300. The fraction of sp³-hybridized carbons (Fsp3) is 0.0556. The number of benzene rings is 2. The fourth-order valence-corrected chi connectivity index (χ4v) is 2.66. The molecule has 0 aliphatic carbocycles. The van der Waals surface area contributed by atoms with Crippen LogP contribution in [0.15, 0.2) is 46.9 Å². The summed E-state index contributed by atoms with van der Waals surface area (Å²) >= 11 is 3.21. The zero-order chi connectivity index (χ0) is 18.7. The Kier molecular flexibility index (Phi) is 5.00. The zero-order valence-corrected chi connectivity index (χ0v) is 15.0. The number of nitrogens with zero attached hydrogens (tertiary/aromatic N) is 3. The van der Waals surface area contributed by atoms with E-state index in [1.807, 2.05) is 6.07 Å². The van der Waals surface area contributed by atoms with Gasteiger partial charge in [-0.15, -0.1) is 0 Å². The van der Waals surface area contributed by atoms with E-state index in [1.54, 1.807) is 36.4 Å². The standard InChI is InChI=1S/C18H13BrFN5O/c19-12-4-1-11(15(20)7-12)9-26-13-5-2-10(3-6-13)16-14(8-21)17(22)25-18(23)24-16/h1-7H,9H2,(H4,22,23,24,25). The van der Waals surface area contributed by atoms with Crippen LogP contribution >= 0.6 is 15.9 Å². The largest absolute Gasteiger partial charge is 0.489 e. The van der Waals surface area contributed by atoms with Crippen LogP contribution in [-0.4, -0.2) is 9.97 Å². The molecule has 0 unspecified atom stereocenters. The number of nitrogens with two attached hydrogens (primary N) is 2. The van der Waals surface area contributed by atoms with Gasteiger partial charge in [0.2, 0.25) is 5.95 Å². The van der Waals surface area contributed by atoms with E-state index in [9.17, 15) is 9.65 Å². The van der Waals surface area contributed by atoms with Crippen molar-refractivity contribution in [1.82, 2.24) is 9.97 Å². The van der Waals surface area contributed by atoms with Gasteiger partial charge in [0.1, 0.15) is 35.6 Å². The molecule has 0 aliphatic rings. The predicted molar refractivity (Wildman–Crippen MR) is 99.4 cm³/mol. The SMILES string of the molecule is N#Cc1c(N)nc(N)nc1-c1ccc(OCc2ccc(Br)cc2F)cc1. The van der Waals surface area contributed by atoms with Crippen LogP contribution in [0.5, 0.6) is 5.75 Å². The number of nitrogen functional groups attached to an aromatic ring is 2. The highest BCUT2D eigenvalue weighted by Crippen LogP contribution is 2.27. The van der Waals surface area contributed by atoms with E-state index in [2.05, 4.69) is 25.9 Å². The highest BCUT2D eigenvalue weighted by molar-refractivity contribution is 9.10. The third-order valence-corrected chi connectivity index (χ3v) is 4.10. The van der Waals surface area contributed by atoms with Crippen molar-refractivity contribution in [3.05, 3.63) is 63.9 Å². The number of anilines is 2. The van der Waals surface area contributed by atoms with Crippen LogP contribution in [0.25, 0.3) is 11.3 Å². The molecule has 3 aromatic rings. The van der Waals surface area contributed by atoms with Crippen LogP contribution < -0.4 is 16.2 Å². The average molecular weight is 414 g/mol. The minimum atomic E-state index is -0.346. The van der Waals surface area contributed by atoms with Gasteiger partial charge in [-0.25, -0.2) is 9.37 Å². The highest BCUT2D eigenvalue weighted by Gasteiger charge is 2.13. The normalized spacial score (nSPS) is 10.3.